The van der Waals surface area contributed by atoms with Gasteiger partial charge in [-0.25, -0.2) is 9.13 Å². The maximum Gasteiger partial charge on any atom is 0.472 e. The number of carbonyl (C=O) groups is 4. The van der Waals surface area contributed by atoms with E-state index in [-0.39, 0.29) is 25.7 Å². The predicted octanol–water partition coefficient (Wildman–Crippen LogP) is 16.6. The predicted molar refractivity (Wildman–Crippen MR) is 317 cm³/mol. The summed E-state index contributed by atoms with van der Waals surface area (Å²) < 4.78 is 67.7. The van der Waals surface area contributed by atoms with Crippen LogP contribution in [0, 0.1) is 5.92 Å². The van der Waals surface area contributed by atoms with E-state index in [0.29, 0.717) is 25.7 Å². The van der Waals surface area contributed by atoms with Crippen LogP contribution in [0.25, 0.3) is 0 Å². The molecule has 0 saturated carbocycles. The normalized spacial score (nSPS) is 14.3. The highest BCUT2D eigenvalue weighted by Crippen LogP contribution is 2.45. The largest absolute Gasteiger partial charge is 0.472 e. The molecule has 0 fully saturated rings. The molecule has 0 spiro atoms. The smallest absolute Gasteiger partial charge is 0.462 e. The van der Waals surface area contributed by atoms with E-state index in [4.69, 9.17) is 37.0 Å². The lowest BCUT2D eigenvalue weighted by Crippen LogP contribution is -2.30. The van der Waals surface area contributed by atoms with E-state index in [1.807, 2.05) is 0 Å². The zero-order chi connectivity index (χ0) is 59.2. The Balaban J connectivity index is 5.21. The second kappa shape index (κ2) is 55.0. The Labute approximate surface area is 486 Å². The minimum absolute atomic E-state index is 0.105. The molecule has 0 aromatic heterocycles. The maximum atomic E-state index is 12.9. The van der Waals surface area contributed by atoms with Crippen LogP contribution in [0.15, 0.2) is 0 Å². The molecule has 0 aliphatic rings. The summed E-state index contributed by atoms with van der Waals surface area (Å²) in [6, 6.07) is 0. The molecule has 0 heterocycles. The molecule has 80 heavy (non-hydrogen) atoms. The fraction of sp³-hybridized carbons (Fsp3) is 0.934. The number of aliphatic hydroxyl groups excluding tert-OH is 1. The summed E-state index contributed by atoms with van der Waals surface area (Å²) in [4.78, 5) is 71.9. The van der Waals surface area contributed by atoms with E-state index in [0.717, 1.165) is 109 Å². The van der Waals surface area contributed by atoms with Crippen LogP contribution in [0.3, 0.4) is 0 Å². The van der Waals surface area contributed by atoms with E-state index in [1.54, 1.807) is 0 Å². The number of phosphoric ester groups is 2. The molecule has 0 aromatic carbocycles. The summed E-state index contributed by atoms with van der Waals surface area (Å²) in [5.74, 6) is -1.39. The highest BCUT2D eigenvalue weighted by atomic mass is 31.2. The summed E-state index contributed by atoms with van der Waals surface area (Å²) in [6.45, 7) is 7.10. The summed E-state index contributed by atoms with van der Waals surface area (Å²) in [7, 11) is -9.87. The van der Waals surface area contributed by atoms with Gasteiger partial charge in [-0.2, -0.15) is 0 Å². The Morgan fingerprint density at radius 3 is 0.850 bits per heavy atom. The second-order valence-corrected chi connectivity index (χ2v) is 25.5. The van der Waals surface area contributed by atoms with Crippen molar-refractivity contribution in [2.75, 3.05) is 39.6 Å². The number of phosphoric acid groups is 2. The fourth-order valence-corrected chi connectivity index (χ4v) is 10.6. The number of carbonyl (C=O) groups excluding carboxylic acids is 4. The highest BCUT2D eigenvalue weighted by molar-refractivity contribution is 7.47. The molecule has 0 aromatic rings. The van der Waals surface area contributed by atoms with Crippen LogP contribution in [0.4, 0.5) is 0 Å². The van der Waals surface area contributed by atoms with Gasteiger partial charge in [0.1, 0.15) is 19.3 Å². The Hall–Kier alpha value is -1.94. The molecule has 17 nitrogen and oxygen atoms in total. The van der Waals surface area contributed by atoms with Crippen molar-refractivity contribution >= 4 is 39.5 Å². The summed E-state index contributed by atoms with van der Waals surface area (Å²) >= 11 is 0. The quantitative estimate of drug-likeness (QED) is 0.0222. The number of esters is 4. The first kappa shape index (κ1) is 78.1. The van der Waals surface area contributed by atoms with Gasteiger partial charge in [-0.3, -0.25) is 37.3 Å². The van der Waals surface area contributed by atoms with Gasteiger partial charge in [-0.1, -0.05) is 253 Å². The second-order valence-electron chi connectivity index (χ2n) is 22.6. The van der Waals surface area contributed by atoms with Crippen molar-refractivity contribution in [2.24, 2.45) is 5.92 Å². The molecular weight excluding hydrogens is 1070 g/mol. The monoisotopic (exact) mass is 1180 g/mol. The average molecular weight is 1190 g/mol. The first-order valence-corrected chi connectivity index (χ1v) is 35.1. The lowest BCUT2D eigenvalue weighted by Gasteiger charge is -2.21. The van der Waals surface area contributed by atoms with E-state index in [2.05, 4.69) is 34.6 Å². The van der Waals surface area contributed by atoms with Crippen molar-refractivity contribution in [3.05, 3.63) is 0 Å². The summed E-state index contributed by atoms with van der Waals surface area (Å²) in [5, 5.41) is 10.5. The molecular formula is C61H118O17P2. The van der Waals surface area contributed by atoms with Crippen LogP contribution >= 0.6 is 15.6 Å². The molecule has 0 aliphatic carbocycles. The number of unbranched alkanes of at least 4 members (excludes halogenated alkanes) is 33. The third-order valence-electron chi connectivity index (χ3n) is 14.0. The lowest BCUT2D eigenvalue weighted by molar-refractivity contribution is -0.161. The van der Waals surface area contributed by atoms with Crippen LogP contribution in [0.5, 0.6) is 0 Å². The van der Waals surface area contributed by atoms with Gasteiger partial charge in [-0.15, -0.1) is 0 Å². The maximum absolute atomic E-state index is 12.9. The van der Waals surface area contributed by atoms with Gasteiger partial charge in [-0.05, 0) is 31.6 Å². The SMILES string of the molecule is CCCCCCCCCCCCCC(=O)OC[C@H](COP(=O)(O)OC[C@@H](O)COP(=O)(O)OC[C@@H](COC(=O)CCCCCCCCC)OC(=O)CCCCCCCCCCC)OC(=O)CCCCCCCCCCCCC(C)C. The molecule has 0 aliphatic heterocycles. The molecule has 0 bridgehead atoms. The topological polar surface area (TPSA) is 237 Å². The van der Waals surface area contributed by atoms with Gasteiger partial charge in [0.2, 0.25) is 0 Å². The Morgan fingerprint density at radius 2 is 0.575 bits per heavy atom. The van der Waals surface area contributed by atoms with Crippen molar-refractivity contribution in [1.29, 1.82) is 0 Å². The van der Waals surface area contributed by atoms with Gasteiger partial charge in [0.05, 0.1) is 26.4 Å². The Kier molecular flexibility index (Phi) is 53.6. The first-order chi connectivity index (χ1) is 38.5. The van der Waals surface area contributed by atoms with Crippen molar-refractivity contribution in [3.63, 3.8) is 0 Å². The van der Waals surface area contributed by atoms with Crippen LogP contribution in [-0.4, -0.2) is 96.7 Å². The van der Waals surface area contributed by atoms with Crippen LogP contribution in [0.1, 0.15) is 304 Å². The highest BCUT2D eigenvalue weighted by Gasteiger charge is 2.30. The van der Waals surface area contributed by atoms with Gasteiger partial charge in [0, 0.05) is 25.7 Å². The van der Waals surface area contributed by atoms with E-state index < -0.39 is 97.5 Å². The minimum atomic E-state index is -4.94. The molecule has 2 unspecified atom stereocenters. The molecule has 19 heteroatoms. The van der Waals surface area contributed by atoms with Crippen LogP contribution in [-0.2, 0) is 65.4 Å². The van der Waals surface area contributed by atoms with Gasteiger partial charge >= 0.3 is 39.5 Å². The van der Waals surface area contributed by atoms with E-state index in [9.17, 15) is 43.2 Å². The zero-order valence-electron chi connectivity index (χ0n) is 51.2. The van der Waals surface area contributed by atoms with Crippen molar-refractivity contribution in [3.8, 4) is 0 Å². The molecule has 474 valence electrons. The van der Waals surface area contributed by atoms with Crippen LogP contribution in [0.2, 0.25) is 0 Å². The van der Waals surface area contributed by atoms with Crippen LogP contribution < -0.4 is 0 Å². The number of hydrogen-bond donors (Lipinski definition) is 3. The molecule has 0 radical (unpaired) electrons. The van der Waals surface area contributed by atoms with Gasteiger partial charge in [0.25, 0.3) is 0 Å². The minimum Gasteiger partial charge on any atom is -0.462 e. The molecule has 5 atom stereocenters. The fourth-order valence-electron chi connectivity index (χ4n) is 9.05. The van der Waals surface area contributed by atoms with Crippen molar-refractivity contribution < 1.29 is 80.2 Å². The average Bonchev–Trinajstić information content (AvgIpc) is 3.42. The Bertz CT molecular complexity index is 1570. The standard InChI is InChI=1S/C61H118O17P2/c1-6-9-12-15-18-20-21-26-30-35-40-45-59(64)72-51-57(78-61(66)47-42-37-32-27-23-22-25-29-33-38-43-54(4)5)53-76-80(69,70)74-49-55(62)48-73-79(67,68)75-52-56(50-71-58(63)44-39-34-28-17-14-11-8-3)77-60(65)46-41-36-31-24-19-16-13-10-7-2/h54-57,62H,6-53H2,1-5H3,(H,67,68)(H,69,70)/t55-,56+,57+/m0/s1. The summed E-state index contributed by atoms with van der Waals surface area (Å²) in [5.41, 5.74) is 0. The number of ether oxygens (including phenoxy) is 4. The lowest BCUT2D eigenvalue weighted by atomic mass is 10.0. The number of hydrogen-bond acceptors (Lipinski definition) is 15. The molecule has 0 amide bonds. The van der Waals surface area contributed by atoms with Crippen molar-refractivity contribution in [2.45, 2.75) is 323 Å². The first-order valence-electron chi connectivity index (χ1n) is 32.1. The molecule has 3 N–H and O–H groups in total. The van der Waals surface area contributed by atoms with Gasteiger partial charge in [0.15, 0.2) is 12.2 Å². The number of aliphatic hydroxyl groups is 1. The zero-order valence-corrected chi connectivity index (χ0v) is 53.0. The molecule has 0 rings (SSSR count). The summed E-state index contributed by atoms with van der Waals surface area (Å²) in [6.07, 6.45) is 37.6. The van der Waals surface area contributed by atoms with Crippen molar-refractivity contribution in [1.82, 2.24) is 0 Å². The number of rotatable bonds is 61. The third kappa shape index (κ3) is 55.3. The van der Waals surface area contributed by atoms with E-state index >= 15 is 0 Å². The van der Waals surface area contributed by atoms with E-state index in [1.165, 1.54) is 116 Å². The molecule has 0 saturated heterocycles. The third-order valence-corrected chi connectivity index (χ3v) is 15.9. The van der Waals surface area contributed by atoms with Gasteiger partial charge < -0.3 is 33.8 Å². The Morgan fingerprint density at radius 1 is 0.338 bits per heavy atom.